The summed E-state index contributed by atoms with van der Waals surface area (Å²) in [7, 11) is -6.69. The number of hydrogen-bond acceptors (Lipinski definition) is 6. The molecule has 1 aliphatic carbocycles. The largest absolute Gasteiger partial charge is 0.741 e. The fourth-order valence-electron chi connectivity index (χ4n) is 4.53. The molecule has 1 aliphatic rings. The Morgan fingerprint density at radius 3 is 2.17 bits per heavy atom. The topological polar surface area (TPSA) is 132 Å². The van der Waals surface area contributed by atoms with Crippen molar-refractivity contribution in [1.29, 1.82) is 0 Å². The van der Waals surface area contributed by atoms with Crippen LogP contribution in [0.5, 0.6) is 0 Å². The van der Waals surface area contributed by atoms with Gasteiger partial charge >= 0.3 is 20.7 Å². The van der Waals surface area contributed by atoms with Crippen molar-refractivity contribution in [2.24, 2.45) is 13.0 Å². The number of aromatic amines is 1. The molecule has 10 nitrogen and oxygen atoms in total. The van der Waals surface area contributed by atoms with Gasteiger partial charge in [-0.05, 0) is 37.0 Å². The zero-order chi connectivity index (χ0) is 31.2. The lowest BCUT2D eigenvalue weighted by molar-refractivity contribution is -0.708. The molecule has 2 heterocycles. The van der Waals surface area contributed by atoms with Gasteiger partial charge in [-0.1, -0.05) is 20.8 Å². The highest BCUT2D eigenvalue weighted by Crippen LogP contribution is 2.38. The third-order valence-electron chi connectivity index (χ3n) is 6.76. The first-order valence-corrected chi connectivity index (χ1v) is 15.3. The number of fused-ring (bicyclic) bond motifs is 1. The van der Waals surface area contributed by atoms with Crippen LogP contribution < -0.4 is 8.87 Å². The van der Waals surface area contributed by atoms with Crippen LogP contribution in [-0.4, -0.2) is 54.4 Å². The van der Waals surface area contributed by atoms with Gasteiger partial charge in [-0.3, -0.25) is 4.31 Å². The monoisotopic (exact) mass is 629 g/mol. The van der Waals surface area contributed by atoms with Crippen LogP contribution in [0.15, 0.2) is 35.7 Å². The smallest absolute Gasteiger partial charge is 0.485 e. The molecule has 1 aromatic carbocycles. The van der Waals surface area contributed by atoms with Gasteiger partial charge in [0, 0.05) is 31.8 Å². The third-order valence-corrected chi connectivity index (χ3v) is 9.15. The molecule has 0 atom stereocenters. The number of benzene rings is 1. The van der Waals surface area contributed by atoms with Crippen molar-refractivity contribution < 1.29 is 47.9 Å². The van der Waals surface area contributed by atoms with E-state index in [-0.39, 0.29) is 29.3 Å². The minimum absolute atomic E-state index is 0.0713. The molecular weight excluding hydrogens is 597 g/mol. The minimum atomic E-state index is -6.09. The maximum absolute atomic E-state index is 13.6. The molecule has 0 spiro atoms. The van der Waals surface area contributed by atoms with Crippen molar-refractivity contribution in [3.8, 4) is 0 Å². The number of H-pyrrole nitrogens is 1. The second-order valence-electron chi connectivity index (χ2n) is 11.0. The number of rotatable bonds is 5. The SMILES string of the molecule is CN(c1ccc2c(c1)nc(C(C)(C)C)n2CC1CCC(F)(F)CC1)S(=O)(=O)c1[nH]cc[n+]1C.O=S(=O)([O-])C(F)(F)F. The van der Waals surface area contributed by atoms with E-state index >= 15 is 0 Å². The standard InChI is InChI=1S/C23H31F2N5O2S.CHF3O3S/c1-22(2,3)20-27-18-14-17(29(5)33(31,32)21-26-12-13-28(21)4)6-7-19(18)30(20)15-16-8-10-23(24,25)11-9-16;2-1(3,4)8(5,6)7/h6-7,12-14,16H,8-11,15H2,1-5H3;(H,5,6,7). The van der Waals surface area contributed by atoms with E-state index in [0.29, 0.717) is 30.6 Å². The Bertz CT molecular complexity index is 1600. The Balaban J connectivity index is 0.000000507. The van der Waals surface area contributed by atoms with Crippen LogP contribution in [0.3, 0.4) is 0 Å². The summed E-state index contributed by atoms with van der Waals surface area (Å²) < 4.78 is 117. The number of nitrogens with zero attached hydrogens (tertiary/aromatic N) is 4. The zero-order valence-corrected chi connectivity index (χ0v) is 24.7. The first kappa shape index (κ1) is 32.7. The molecule has 0 amide bonds. The first-order valence-electron chi connectivity index (χ1n) is 12.5. The lowest BCUT2D eigenvalue weighted by Crippen LogP contribution is -2.39. The van der Waals surface area contributed by atoms with E-state index in [1.54, 1.807) is 31.6 Å². The van der Waals surface area contributed by atoms with Gasteiger partial charge in [0.05, 0.1) is 23.8 Å². The molecule has 0 bridgehead atoms. The van der Waals surface area contributed by atoms with Crippen LogP contribution in [0, 0.1) is 5.92 Å². The van der Waals surface area contributed by atoms with Gasteiger partial charge in [0.25, 0.3) is 0 Å². The van der Waals surface area contributed by atoms with E-state index in [2.05, 4.69) is 30.3 Å². The quantitative estimate of drug-likeness (QED) is 0.195. The van der Waals surface area contributed by atoms with Gasteiger partial charge in [-0.2, -0.15) is 21.6 Å². The molecule has 0 unspecified atom stereocenters. The molecule has 3 aromatic rings. The Morgan fingerprint density at radius 2 is 1.71 bits per heavy atom. The summed E-state index contributed by atoms with van der Waals surface area (Å²) in [4.78, 5) is 7.64. The highest BCUT2D eigenvalue weighted by molar-refractivity contribution is 7.92. The molecule has 0 aliphatic heterocycles. The lowest BCUT2D eigenvalue weighted by atomic mass is 9.86. The maximum Gasteiger partial charge on any atom is 0.485 e. The van der Waals surface area contributed by atoms with E-state index in [4.69, 9.17) is 18.0 Å². The van der Waals surface area contributed by atoms with Crippen LogP contribution in [-0.2, 0) is 39.1 Å². The van der Waals surface area contributed by atoms with E-state index < -0.39 is 31.6 Å². The van der Waals surface area contributed by atoms with Gasteiger partial charge < -0.3 is 9.12 Å². The molecule has 230 valence electrons. The van der Waals surface area contributed by atoms with Crippen molar-refractivity contribution >= 4 is 36.9 Å². The number of anilines is 1. The molecule has 2 aromatic heterocycles. The highest BCUT2D eigenvalue weighted by Gasteiger charge is 2.37. The molecule has 1 saturated carbocycles. The summed E-state index contributed by atoms with van der Waals surface area (Å²) in [5, 5.41) is 0.0834. The predicted octanol–water partition coefficient (Wildman–Crippen LogP) is 4.19. The number of hydrogen-bond donors (Lipinski definition) is 1. The second kappa shape index (κ2) is 11.1. The number of alkyl halides is 5. The summed E-state index contributed by atoms with van der Waals surface area (Å²) in [5.74, 6) is -1.52. The summed E-state index contributed by atoms with van der Waals surface area (Å²) in [6.45, 7) is 6.85. The maximum atomic E-state index is 13.6. The molecule has 17 heteroatoms. The number of aryl methyl sites for hydroxylation is 1. The summed E-state index contributed by atoms with van der Waals surface area (Å²) in [5.41, 5.74) is -3.82. The van der Waals surface area contributed by atoms with Crippen LogP contribution in [0.4, 0.5) is 27.6 Å². The van der Waals surface area contributed by atoms with E-state index in [1.165, 1.54) is 15.9 Å². The molecule has 0 radical (unpaired) electrons. The molecule has 1 N–H and O–H groups in total. The molecular formula is C24H32F5N5O5S2. The number of sulfonamides is 1. The Morgan fingerprint density at radius 1 is 1.15 bits per heavy atom. The molecule has 41 heavy (non-hydrogen) atoms. The van der Waals surface area contributed by atoms with Crippen LogP contribution in [0.25, 0.3) is 11.0 Å². The van der Waals surface area contributed by atoms with Crippen molar-refractivity contribution in [3.05, 3.63) is 36.4 Å². The minimum Gasteiger partial charge on any atom is -0.741 e. The van der Waals surface area contributed by atoms with E-state index in [0.717, 1.165) is 11.3 Å². The summed E-state index contributed by atoms with van der Waals surface area (Å²) in [6.07, 6.45) is 4.05. The average Bonchev–Trinajstić information content (AvgIpc) is 3.42. The number of imidazole rings is 2. The fourth-order valence-corrected chi connectivity index (χ4v) is 5.82. The fraction of sp³-hybridized carbons (Fsp3) is 0.583. The Kier molecular flexibility index (Phi) is 8.88. The number of nitrogens with one attached hydrogen (secondary N) is 1. The summed E-state index contributed by atoms with van der Waals surface area (Å²) in [6, 6.07) is 5.42. The molecule has 1 fully saturated rings. The zero-order valence-electron chi connectivity index (χ0n) is 23.0. The van der Waals surface area contributed by atoms with Crippen molar-refractivity contribution in [3.63, 3.8) is 0 Å². The number of aromatic nitrogens is 4. The van der Waals surface area contributed by atoms with Crippen LogP contribution >= 0.6 is 0 Å². The Hall–Kier alpha value is -2.79. The van der Waals surface area contributed by atoms with Crippen LogP contribution in [0.2, 0.25) is 0 Å². The average molecular weight is 630 g/mol. The van der Waals surface area contributed by atoms with Gasteiger partial charge in [0.15, 0.2) is 10.1 Å². The highest BCUT2D eigenvalue weighted by atomic mass is 32.2. The van der Waals surface area contributed by atoms with E-state index in [1.807, 2.05) is 6.07 Å². The molecule has 0 saturated heterocycles. The van der Waals surface area contributed by atoms with Crippen molar-refractivity contribution in [2.75, 3.05) is 11.4 Å². The normalized spacial score (nSPS) is 16.9. The first-order chi connectivity index (χ1) is 18.5. The summed E-state index contributed by atoms with van der Waals surface area (Å²) >= 11 is 0. The second-order valence-corrected chi connectivity index (χ2v) is 14.3. The van der Waals surface area contributed by atoms with Gasteiger partial charge in [-0.15, -0.1) is 0 Å². The number of halogens is 5. The van der Waals surface area contributed by atoms with Crippen molar-refractivity contribution in [2.45, 2.75) is 75.0 Å². The van der Waals surface area contributed by atoms with Gasteiger partial charge in [0.2, 0.25) is 5.92 Å². The van der Waals surface area contributed by atoms with Crippen LogP contribution in [0.1, 0.15) is 52.3 Å². The van der Waals surface area contributed by atoms with Gasteiger partial charge in [-0.25, -0.2) is 31.7 Å². The third kappa shape index (κ3) is 7.35. The van der Waals surface area contributed by atoms with Crippen molar-refractivity contribution in [1.82, 2.24) is 14.5 Å². The lowest BCUT2D eigenvalue weighted by Gasteiger charge is -2.30. The van der Waals surface area contributed by atoms with E-state index in [9.17, 15) is 30.4 Å². The molecule has 4 rings (SSSR count). The Labute approximate surface area is 235 Å². The predicted molar refractivity (Wildman–Crippen MR) is 139 cm³/mol. The van der Waals surface area contributed by atoms with Gasteiger partial charge in [0.1, 0.15) is 18.2 Å².